The molecule has 0 aliphatic heterocycles. The molecule has 0 aliphatic rings. The van der Waals surface area contributed by atoms with Crippen molar-refractivity contribution < 1.29 is 14.4 Å². The summed E-state index contributed by atoms with van der Waals surface area (Å²) in [5.74, 6) is -0.591. The van der Waals surface area contributed by atoms with Gasteiger partial charge in [0, 0.05) is 38.0 Å². The van der Waals surface area contributed by atoms with Crippen molar-refractivity contribution in [3.63, 3.8) is 0 Å². The Morgan fingerprint density at radius 3 is 1.92 bits per heavy atom. The van der Waals surface area contributed by atoms with Crippen LogP contribution in [0, 0.1) is 17.3 Å². The Bertz CT molecular complexity index is 927. The third-order valence-corrected chi connectivity index (χ3v) is 7.16. The lowest BCUT2D eigenvalue weighted by atomic mass is 9.71. The van der Waals surface area contributed by atoms with E-state index in [4.69, 9.17) is 0 Å². The van der Waals surface area contributed by atoms with Crippen LogP contribution in [0.15, 0.2) is 42.0 Å². The Balaban J connectivity index is 3.31. The number of rotatable bonds is 10. The summed E-state index contributed by atoms with van der Waals surface area (Å²) in [6.07, 6.45) is 2.51. The Morgan fingerprint density at radius 2 is 1.50 bits per heavy atom. The van der Waals surface area contributed by atoms with Gasteiger partial charge in [-0.15, -0.1) is 0 Å². The molecule has 6 heteroatoms. The predicted molar refractivity (Wildman–Crippen MR) is 148 cm³/mol. The minimum atomic E-state index is -0.713. The van der Waals surface area contributed by atoms with E-state index in [2.05, 4.69) is 19.2 Å². The van der Waals surface area contributed by atoms with Crippen LogP contribution >= 0.6 is 0 Å². The second-order valence-corrected chi connectivity index (χ2v) is 12.1. The average Bonchev–Trinajstić information content (AvgIpc) is 2.79. The third kappa shape index (κ3) is 7.68. The minimum Gasteiger partial charge on any atom is -0.345 e. The van der Waals surface area contributed by atoms with Crippen molar-refractivity contribution >= 4 is 17.7 Å². The zero-order valence-corrected chi connectivity index (χ0v) is 24.6. The summed E-state index contributed by atoms with van der Waals surface area (Å²) in [6.45, 7) is 17.9. The standard InChI is InChI=1S/C30H49N3O3/c1-13-23(30(8,9)22-17-15-14-16-18-22)26(34)31-25(29(5,6)7)28(36)33(12)24(20(2)3)19-21(4)27(35)32(10)11/h14-20,23-25H,13H2,1-12H3,(H,31,34)/b21-19+/t23-,24-,25-/m1/s1. The summed E-state index contributed by atoms with van der Waals surface area (Å²) < 4.78 is 0. The summed E-state index contributed by atoms with van der Waals surface area (Å²) in [5.41, 5.74) is 0.777. The van der Waals surface area contributed by atoms with Gasteiger partial charge in [-0.1, -0.05) is 91.8 Å². The molecule has 0 aliphatic carbocycles. The zero-order valence-electron chi connectivity index (χ0n) is 24.6. The number of carbonyl (C=O) groups is 3. The van der Waals surface area contributed by atoms with Gasteiger partial charge in [-0.05, 0) is 30.2 Å². The van der Waals surface area contributed by atoms with Crippen LogP contribution in [0.5, 0.6) is 0 Å². The van der Waals surface area contributed by atoms with Crippen molar-refractivity contribution in [2.24, 2.45) is 17.3 Å². The fraction of sp³-hybridized carbons (Fsp3) is 0.633. The molecule has 1 N–H and O–H groups in total. The van der Waals surface area contributed by atoms with Crippen LogP contribution < -0.4 is 5.32 Å². The van der Waals surface area contributed by atoms with Crippen LogP contribution in [0.2, 0.25) is 0 Å². The molecule has 0 aromatic heterocycles. The molecule has 0 saturated heterocycles. The largest absolute Gasteiger partial charge is 0.345 e. The molecule has 0 bridgehead atoms. The lowest BCUT2D eigenvalue weighted by Crippen LogP contribution is -2.58. The summed E-state index contributed by atoms with van der Waals surface area (Å²) in [4.78, 5) is 43.2. The average molecular weight is 500 g/mol. The Labute approximate surface area is 219 Å². The van der Waals surface area contributed by atoms with E-state index < -0.39 is 16.9 Å². The van der Waals surface area contributed by atoms with Gasteiger partial charge in [0.2, 0.25) is 17.7 Å². The van der Waals surface area contributed by atoms with Crippen molar-refractivity contribution in [2.75, 3.05) is 21.1 Å². The van der Waals surface area contributed by atoms with Gasteiger partial charge in [-0.25, -0.2) is 0 Å². The van der Waals surface area contributed by atoms with Gasteiger partial charge >= 0.3 is 0 Å². The van der Waals surface area contributed by atoms with Crippen LogP contribution in [0.1, 0.15) is 74.3 Å². The fourth-order valence-corrected chi connectivity index (χ4v) is 4.77. The first-order chi connectivity index (χ1) is 16.5. The second-order valence-electron chi connectivity index (χ2n) is 12.1. The van der Waals surface area contributed by atoms with Crippen molar-refractivity contribution in [2.45, 2.75) is 86.2 Å². The van der Waals surface area contributed by atoms with E-state index in [0.717, 1.165) is 5.56 Å². The third-order valence-electron chi connectivity index (χ3n) is 7.16. The van der Waals surface area contributed by atoms with E-state index in [-0.39, 0.29) is 35.6 Å². The molecule has 6 nitrogen and oxygen atoms in total. The normalized spacial score (nSPS) is 15.2. The Kier molecular flexibility index (Phi) is 11.0. The van der Waals surface area contributed by atoms with Gasteiger partial charge in [0.25, 0.3) is 0 Å². The number of benzene rings is 1. The highest BCUT2D eigenvalue weighted by Crippen LogP contribution is 2.35. The van der Waals surface area contributed by atoms with Crippen LogP contribution in [0.3, 0.4) is 0 Å². The van der Waals surface area contributed by atoms with Gasteiger partial charge in [0.1, 0.15) is 6.04 Å². The Morgan fingerprint density at radius 1 is 0.972 bits per heavy atom. The van der Waals surface area contributed by atoms with Crippen molar-refractivity contribution in [3.8, 4) is 0 Å². The maximum atomic E-state index is 13.9. The van der Waals surface area contributed by atoms with E-state index in [1.54, 1.807) is 33.0 Å². The van der Waals surface area contributed by atoms with E-state index >= 15 is 0 Å². The molecule has 1 aromatic carbocycles. The highest BCUT2D eigenvalue weighted by Gasteiger charge is 2.41. The molecule has 3 atom stereocenters. The van der Waals surface area contributed by atoms with Crippen molar-refractivity contribution in [1.82, 2.24) is 15.1 Å². The van der Waals surface area contributed by atoms with Gasteiger partial charge in [-0.2, -0.15) is 0 Å². The lowest BCUT2D eigenvalue weighted by molar-refractivity contribution is -0.141. The smallest absolute Gasteiger partial charge is 0.248 e. The van der Waals surface area contributed by atoms with Crippen LogP contribution in [-0.2, 0) is 19.8 Å². The number of nitrogens with one attached hydrogen (secondary N) is 1. The van der Waals surface area contributed by atoms with Gasteiger partial charge in [0.15, 0.2) is 0 Å². The molecule has 1 aromatic rings. The summed E-state index contributed by atoms with van der Waals surface area (Å²) >= 11 is 0. The maximum Gasteiger partial charge on any atom is 0.248 e. The monoisotopic (exact) mass is 499 g/mol. The quantitative estimate of drug-likeness (QED) is 0.459. The summed E-state index contributed by atoms with van der Waals surface area (Å²) in [6, 6.07) is 9.04. The maximum absolute atomic E-state index is 13.9. The SMILES string of the molecule is CC[C@H](C(=O)N[C@H](C(=O)N(C)[C@H](/C=C(\C)C(=O)N(C)C)C(C)C)C(C)(C)C)C(C)(C)c1ccccc1. The van der Waals surface area contributed by atoms with Crippen LogP contribution in [0.25, 0.3) is 0 Å². The first-order valence-electron chi connectivity index (χ1n) is 13.0. The molecule has 0 radical (unpaired) electrons. The topological polar surface area (TPSA) is 69.7 Å². The highest BCUT2D eigenvalue weighted by molar-refractivity contribution is 5.93. The van der Waals surface area contributed by atoms with Gasteiger partial charge in [0.05, 0.1) is 6.04 Å². The zero-order chi connectivity index (χ0) is 28.0. The molecule has 202 valence electrons. The first-order valence-corrected chi connectivity index (χ1v) is 13.0. The number of hydrogen-bond donors (Lipinski definition) is 1. The molecule has 36 heavy (non-hydrogen) atoms. The molecular weight excluding hydrogens is 450 g/mol. The fourth-order valence-electron chi connectivity index (χ4n) is 4.77. The van der Waals surface area contributed by atoms with Crippen LogP contribution in [-0.4, -0.2) is 60.7 Å². The van der Waals surface area contributed by atoms with E-state index in [0.29, 0.717) is 12.0 Å². The van der Waals surface area contributed by atoms with Crippen LogP contribution in [0.4, 0.5) is 0 Å². The molecule has 0 fully saturated rings. The number of likely N-dealkylation sites (N-methyl/N-ethyl adjacent to an activating group) is 2. The number of hydrogen-bond acceptors (Lipinski definition) is 3. The molecule has 0 spiro atoms. The summed E-state index contributed by atoms with van der Waals surface area (Å²) in [5, 5.41) is 3.13. The van der Waals surface area contributed by atoms with E-state index in [1.807, 2.05) is 78.0 Å². The number of nitrogens with zero attached hydrogens (tertiary/aromatic N) is 2. The van der Waals surface area contributed by atoms with Gasteiger partial charge < -0.3 is 15.1 Å². The first kappa shape index (κ1) is 31.4. The molecule has 3 amide bonds. The highest BCUT2D eigenvalue weighted by atomic mass is 16.2. The van der Waals surface area contributed by atoms with E-state index in [9.17, 15) is 14.4 Å². The molecular formula is C30H49N3O3. The lowest BCUT2D eigenvalue weighted by Gasteiger charge is -2.40. The number of carbonyl (C=O) groups excluding carboxylic acids is 3. The molecule has 0 heterocycles. The number of amides is 3. The predicted octanol–water partition coefficient (Wildman–Crippen LogP) is 5.04. The van der Waals surface area contributed by atoms with Crippen molar-refractivity contribution in [1.29, 1.82) is 0 Å². The molecule has 0 saturated carbocycles. The van der Waals surface area contributed by atoms with Gasteiger partial charge in [-0.3, -0.25) is 14.4 Å². The Hall–Kier alpha value is -2.63. The molecule has 0 unspecified atom stereocenters. The molecule has 1 rings (SSSR count). The minimum absolute atomic E-state index is 0.0839. The summed E-state index contributed by atoms with van der Waals surface area (Å²) in [7, 11) is 5.18. The van der Waals surface area contributed by atoms with E-state index in [1.165, 1.54) is 4.90 Å². The van der Waals surface area contributed by atoms with Crippen molar-refractivity contribution in [3.05, 3.63) is 47.5 Å². The second kappa shape index (κ2) is 12.6.